The molecule has 1 aliphatic rings. The van der Waals surface area contributed by atoms with Gasteiger partial charge in [-0.05, 0) is 31.2 Å². The third-order valence-corrected chi connectivity index (χ3v) is 6.85. The Morgan fingerprint density at radius 3 is 2.26 bits per heavy atom. The topological polar surface area (TPSA) is 77.3 Å². The van der Waals surface area contributed by atoms with Gasteiger partial charge in [0, 0.05) is 21.9 Å². The second-order valence-electron chi connectivity index (χ2n) is 8.30. The average molecular weight is 485 g/mol. The van der Waals surface area contributed by atoms with Gasteiger partial charge >= 0.3 is 5.97 Å². The molecule has 5 rings (SSSR count). The lowest BCUT2D eigenvalue weighted by Crippen LogP contribution is -2.24. The fourth-order valence-electron chi connectivity index (χ4n) is 3.91. The molecule has 7 nitrogen and oxygen atoms in total. The molecule has 35 heavy (non-hydrogen) atoms. The molecule has 1 aliphatic heterocycles. The van der Waals surface area contributed by atoms with Gasteiger partial charge in [0.05, 0.1) is 24.0 Å². The Kier molecular flexibility index (Phi) is 6.63. The fraction of sp³-hybridized carbons (Fsp3) is 0.185. The van der Waals surface area contributed by atoms with Crippen LogP contribution in [0.1, 0.15) is 28.0 Å². The van der Waals surface area contributed by atoms with Gasteiger partial charge in [-0.1, -0.05) is 71.1 Å². The molecule has 0 bridgehead atoms. The molecule has 0 atom stereocenters. The van der Waals surface area contributed by atoms with Crippen LogP contribution in [0.25, 0.3) is 0 Å². The van der Waals surface area contributed by atoms with Crippen molar-refractivity contribution in [1.29, 1.82) is 0 Å². The number of ketones is 1. The fourth-order valence-corrected chi connectivity index (χ4v) is 5.01. The second-order valence-corrected chi connectivity index (χ2v) is 9.38. The Bertz CT molecular complexity index is 1320. The van der Waals surface area contributed by atoms with Crippen molar-refractivity contribution in [3.63, 3.8) is 0 Å². The van der Waals surface area contributed by atoms with Gasteiger partial charge in [-0.15, -0.1) is 5.10 Å². The highest BCUT2D eigenvalue weighted by atomic mass is 32.2. The predicted octanol–water partition coefficient (Wildman–Crippen LogP) is 5.21. The maximum absolute atomic E-state index is 12.5. The minimum absolute atomic E-state index is 0.0145. The summed E-state index contributed by atoms with van der Waals surface area (Å²) in [5, 5.41) is 8.02. The lowest BCUT2D eigenvalue weighted by molar-refractivity contribution is -0.144. The van der Waals surface area contributed by atoms with Gasteiger partial charge < -0.3 is 9.64 Å². The minimum atomic E-state index is -0.316. The van der Waals surface area contributed by atoms with Crippen molar-refractivity contribution in [2.24, 2.45) is 0 Å². The standard InChI is InChI=1S/C27H24N4O3S/c1-19-10-12-20(13-11-19)24(32)17-30-16-21(28-29-30)18-34-27(33)14-15-31-22-6-2-4-8-25(22)35-26-9-5-3-7-23(26)31/h2-13,16H,14-15,17-18H2,1H3. The largest absolute Gasteiger partial charge is 0.459 e. The number of rotatable bonds is 8. The van der Waals surface area contributed by atoms with E-state index >= 15 is 0 Å². The third kappa shape index (κ3) is 5.27. The van der Waals surface area contributed by atoms with Gasteiger partial charge in [0.15, 0.2) is 5.78 Å². The molecule has 0 N–H and O–H groups in total. The molecule has 1 aromatic heterocycles. The Hall–Kier alpha value is -3.91. The zero-order valence-corrected chi connectivity index (χ0v) is 20.1. The third-order valence-electron chi connectivity index (χ3n) is 5.72. The Morgan fingerprint density at radius 1 is 0.914 bits per heavy atom. The van der Waals surface area contributed by atoms with E-state index < -0.39 is 0 Å². The molecule has 8 heteroatoms. The van der Waals surface area contributed by atoms with E-state index in [4.69, 9.17) is 4.74 Å². The molecule has 0 saturated heterocycles. The Labute approximate surface area is 207 Å². The lowest BCUT2D eigenvalue weighted by Gasteiger charge is -2.32. The van der Waals surface area contributed by atoms with Crippen LogP contribution in [-0.2, 0) is 22.7 Å². The highest BCUT2D eigenvalue weighted by molar-refractivity contribution is 7.99. The summed E-state index contributed by atoms with van der Waals surface area (Å²) >= 11 is 1.73. The van der Waals surface area contributed by atoms with Crippen molar-refractivity contribution in [1.82, 2.24) is 15.0 Å². The number of anilines is 2. The summed E-state index contributed by atoms with van der Waals surface area (Å²) in [6.07, 6.45) is 1.86. The number of carbonyl (C=O) groups excluding carboxylic acids is 2. The number of ether oxygens (including phenoxy) is 1. The number of hydrogen-bond donors (Lipinski definition) is 0. The monoisotopic (exact) mass is 484 g/mol. The molecule has 0 amide bonds. The van der Waals surface area contributed by atoms with E-state index in [9.17, 15) is 9.59 Å². The summed E-state index contributed by atoms with van der Waals surface area (Å²) in [4.78, 5) is 29.4. The number of para-hydroxylation sites is 2. The number of Topliss-reactive ketones (excluding diaryl/α,β-unsaturated/α-hetero) is 1. The molecular weight excluding hydrogens is 460 g/mol. The predicted molar refractivity (Wildman–Crippen MR) is 134 cm³/mol. The SMILES string of the molecule is Cc1ccc(C(=O)Cn2cc(COC(=O)CCN3c4ccccc4Sc4ccccc43)nn2)cc1. The first-order valence-corrected chi connectivity index (χ1v) is 12.2. The van der Waals surface area contributed by atoms with E-state index in [-0.39, 0.29) is 31.3 Å². The van der Waals surface area contributed by atoms with E-state index in [1.54, 1.807) is 30.1 Å². The average Bonchev–Trinajstić information content (AvgIpc) is 3.32. The molecule has 4 aromatic rings. The summed E-state index contributed by atoms with van der Waals surface area (Å²) in [5.74, 6) is -0.373. The van der Waals surface area contributed by atoms with E-state index in [1.165, 1.54) is 4.68 Å². The number of carbonyl (C=O) groups is 2. The van der Waals surface area contributed by atoms with Crippen LogP contribution >= 0.6 is 11.8 Å². The van der Waals surface area contributed by atoms with Crippen LogP contribution in [0.3, 0.4) is 0 Å². The van der Waals surface area contributed by atoms with E-state index in [2.05, 4.69) is 39.5 Å². The molecule has 0 unspecified atom stereocenters. The van der Waals surface area contributed by atoms with Gasteiger partial charge in [0.2, 0.25) is 0 Å². The number of aryl methyl sites for hydroxylation is 1. The summed E-state index contributed by atoms with van der Waals surface area (Å²) in [6.45, 7) is 2.57. The minimum Gasteiger partial charge on any atom is -0.459 e. The van der Waals surface area contributed by atoms with Gasteiger partial charge in [-0.25, -0.2) is 4.68 Å². The van der Waals surface area contributed by atoms with E-state index in [0.29, 0.717) is 17.8 Å². The first kappa shape index (κ1) is 22.9. The van der Waals surface area contributed by atoms with Crippen LogP contribution in [-0.4, -0.2) is 33.3 Å². The quantitative estimate of drug-likeness (QED) is 0.251. The smallest absolute Gasteiger partial charge is 0.307 e. The highest BCUT2D eigenvalue weighted by Crippen LogP contribution is 2.47. The van der Waals surface area contributed by atoms with Gasteiger partial charge in [0.25, 0.3) is 0 Å². The molecule has 3 aromatic carbocycles. The first-order chi connectivity index (χ1) is 17.1. The number of aromatic nitrogens is 3. The second kappa shape index (κ2) is 10.1. The number of benzene rings is 3. The Morgan fingerprint density at radius 2 is 1.57 bits per heavy atom. The molecular formula is C27H24N4O3S. The normalized spacial score (nSPS) is 12.1. The van der Waals surface area contributed by atoms with Crippen LogP contribution in [0.4, 0.5) is 11.4 Å². The van der Waals surface area contributed by atoms with Gasteiger partial charge in [-0.2, -0.15) is 0 Å². The summed E-state index contributed by atoms with van der Waals surface area (Å²) < 4.78 is 6.90. The molecule has 176 valence electrons. The highest BCUT2D eigenvalue weighted by Gasteiger charge is 2.23. The first-order valence-electron chi connectivity index (χ1n) is 11.3. The molecule has 0 fully saturated rings. The van der Waals surface area contributed by atoms with Crippen LogP contribution in [0.2, 0.25) is 0 Å². The van der Waals surface area contributed by atoms with Crippen molar-refractivity contribution in [3.8, 4) is 0 Å². The van der Waals surface area contributed by atoms with Crippen molar-refractivity contribution >= 4 is 34.9 Å². The number of nitrogens with zero attached hydrogens (tertiary/aromatic N) is 4. The van der Waals surface area contributed by atoms with Crippen molar-refractivity contribution in [2.45, 2.75) is 36.3 Å². The van der Waals surface area contributed by atoms with E-state index in [1.807, 2.05) is 43.3 Å². The molecule has 0 aliphatic carbocycles. The zero-order chi connectivity index (χ0) is 24.2. The van der Waals surface area contributed by atoms with Crippen LogP contribution in [0.15, 0.2) is 88.8 Å². The lowest BCUT2D eigenvalue weighted by atomic mass is 10.1. The molecule has 0 saturated carbocycles. The zero-order valence-electron chi connectivity index (χ0n) is 19.3. The van der Waals surface area contributed by atoms with Gasteiger partial charge in [-0.3, -0.25) is 9.59 Å². The van der Waals surface area contributed by atoms with Crippen LogP contribution < -0.4 is 4.90 Å². The summed E-state index contributed by atoms with van der Waals surface area (Å²) in [7, 11) is 0. The Balaban J connectivity index is 1.16. The van der Waals surface area contributed by atoms with Crippen molar-refractivity contribution < 1.29 is 14.3 Å². The summed E-state index contributed by atoms with van der Waals surface area (Å²) in [5.41, 5.74) is 4.40. The van der Waals surface area contributed by atoms with E-state index in [0.717, 1.165) is 26.7 Å². The maximum atomic E-state index is 12.5. The van der Waals surface area contributed by atoms with Crippen LogP contribution in [0, 0.1) is 6.92 Å². The molecule has 2 heterocycles. The number of esters is 1. The number of hydrogen-bond acceptors (Lipinski definition) is 7. The van der Waals surface area contributed by atoms with Crippen molar-refractivity contribution in [2.75, 3.05) is 11.4 Å². The maximum Gasteiger partial charge on any atom is 0.307 e. The number of fused-ring (bicyclic) bond motifs is 2. The van der Waals surface area contributed by atoms with Gasteiger partial charge in [0.1, 0.15) is 18.8 Å². The molecule has 0 radical (unpaired) electrons. The van der Waals surface area contributed by atoms with Crippen LogP contribution in [0.5, 0.6) is 0 Å². The molecule has 0 spiro atoms. The summed E-state index contributed by atoms with van der Waals surface area (Å²) in [6, 6.07) is 23.8. The van der Waals surface area contributed by atoms with Crippen molar-refractivity contribution in [3.05, 3.63) is 95.8 Å².